The molecule has 7 heteroatoms. The van der Waals surface area contributed by atoms with E-state index in [1.54, 1.807) is 11.8 Å². The Kier molecular flexibility index (Phi) is 9.67. The minimum Gasteiger partial charge on any atom is -0.354 e. The van der Waals surface area contributed by atoms with Gasteiger partial charge in [0.05, 0.1) is 0 Å². The van der Waals surface area contributed by atoms with Crippen LogP contribution >= 0.6 is 11.8 Å². The molecule has 0 radical (unpaired) electrons. The van der Waals surface area contributed by atoms with Crippen LogP contribution in [0.4, 0.5) is 0 Å². The average Bonchev–Trinajstić information content (AvgIpc) is 3.10. The van der Waals surface area contributed by atoms with Crippen molar-refractivity contribution in [3.8, 4) is 0 Å². The second-order valence-corrected chi connectivity index (χ2v) is 8.31. The molecule has 0 saturated carbocycles. The molecular weight excluding hydrogens is 382 g/mol. The zero-order chi connectivity index (χ0) is 21.2. The lowest BCUT2D eigenvalue weighted by molar-refractivity contribution is -0.126. The Balaban J connectivity index is 1.97. The maximum atomic E-state index is 13.0. The molecule has 1 N–H and O–H groups in total. The highest BCUT2D eigenvalue weighted by Gasteiger charge is 2.25. The van der Waals surface area contributed by atoms with E-state index >= 15 is 0 Å². The summed E-state index contributed by atoms with van der Waals surface area (Å²) in [6.45, 7) is 11.8. The van der Waals surface area contributed by atoms with Gasteiger partial charge in [0, 0.05) is 19.5 Å². The summed E-state index contributed by atoms with van der Waals surface area (Å²) in [5, 5.41) is 12.8. The number of carbonyl (C=O) groups excluding carboxylic acids is 1. The smallest absolute Gasteiger partial charge is 0.241 e. The van der Waals surface area contributed by atoms with Crippen LogP contribution in [-0.2, 0) is 17.8 Å². The van der Waals surface area contributed by atoms with E-state index in [2.05, 4.69) is 52.7 Å². The van der Waals surface area contributed by atoms with E-state index in [1.807, 2.05) is 36.6 Å². The van der Waals surface area contributed by atoms with Crippen molar-refractivity contribution in [2.24, 2.45) is 5.92 Å². The zero-order valence-electron chi connectivity index (χ0n) is 18.4. The van der Waals surface area contributed by atoms with E-state index in [0.717, 1.165) is 49.0 Å². The predicted octanol–water partition coefficient (Wildman–Crippen LogP) is 3.79. The Morgan fingerprint density at radius 3 is 2.45 bits per heavy atom. The Hall–Kier alpha value is -1.86. The molecule has 2 rings (SSSR count). The van der Waals surface area contributed by atoms with Crippen LogP contribution in [-0.4, -0.2) is 51.5 Å². The first-order valence-electron chi connectivity index (χ1n) is 10.5. The molecule has 0 spiro atoms. The van der Waals surface area contributed by atoms with Crippen LogP contribution in [0.3, 0.4) is 0 Å². The fourth-order valence-electron chi connectivity index (χ4n) is 3.51. The number of nitrogens with one attached hydrogen (secondary N) is 1. The first-order valence-corrected chi connectivity index (χ1v) is 11.8. The van der Waals surface area contributed by atoms with Gasteiger partial charge in [-0.15, -0.1) is 10.2 Å². The maximum absolute atomic E-state index is 13.0. The van der Waals surface area contributed by atoms with Gasteiger partial charge < -0.3 is 9.88 Å². The lowest BCUT2D eigenvalue weighted by Crippen LogP contribution is -2.41. The predicted molar refractivity (Wildman–Crippen MR) is 120 cm³/mol. The van der Waals surface area contributed by atoms with Gasteiger partial charge in [-0.05, 0) is 37.2 Å². The van der Waals surface area contributed by atoms with E-state index in [0.29, 0.717) is 12.5 Å². The molecule has 2 aromatic rings. The minimum atomic E-state index is -0.251. The SMILES string of the molecule is CCN(CC)C(C(=O)NCCCc1nnc(SC)n1CC(C)C)c1ccccc1. The van der Waals surface area contributed by atoms with Crippen molar-refractivity contribution < 1.29 is 4.79 Å². The zero-order valence-corrected chi connectivity index (χ0v) is 19.2. The second-order valence-electron chi connectivity index (χ2n) is 7.54. The molecule has 1 atom stereocenters. The van der Waals surface area contributed by atoms with Crippen LogP contribution in [0.25, 0.3) is 0 Å². The molecule has 1 heterocycles. The summed E-state index contributed by atoms with van der Waals surface area (Å²) in [5.74, 6) is 1.60. The van der Waals surface area contributed by atoms with Gasteiger partial charge in [0.25, 0.3) is 0 Å². The number of thioether (sulfide) groups is 1. The van der Waals surface area contributed by atoms with Crippen molar-refractivity contribution in [3.05, 3.63) is 41.7 Å². The number of hydrogen-bond acceptors (Lipinski definition) is 5. The number of hydrogen-bond donors (Lipinski definition) is 1. The molecule has 160 valence electrons. The van der Waals surface area contributed by atoms with E-state index in [9.17, 15) is 4.79 Å². The van der Waals surface area contributed by atoms with E-state index in [-0.39, 0.29) is 11.9 Å². The number of carbonyl (C=O) groups is 1. The number of likely N-dealkylation sites (N-methyl/N-ethyl adjacent to an activating group) is 1. The molecule has 6 nitrogen and oxygen atoms in total. The summed E-state index contributed by atoms with van der Waals surface area (Å²) in [6, 6.07) is 9.77. The number of nitrogens with zero attached hydrogens (tertiary/aromatic N) is 4. The summed E-state index contributed by atoms with van der Waals surface area (Å²) in [6.07, 6.45) is 3.68. The Bertz CT molecular complexity index is 743. The van der Waals surface area contributed by atoms with Crippen molar-refractivity contribution in [2.45, 2.75) is 58.3 Å². The number of amides is 1. The van der Waals surface area contributed by atoms with Crippen LogP contribution < -0.4 is 5.32 Å². The summed E-state index contributed by atoms with van der Waals surface area (Å²) in [7, 11) is 0. The molecular formula is C22H35N5OS. The van der Waals surface area contributed by atoms with Gasteiger partial charge in [0.15, 0.2) is 5.16 Å². The first-order chi connectivity index (χ1) is 14.0. The summed E-state index contributed by atoms with van der Waals surface area (Å²) >= 11 is 1.63. The van der Waals surface area contributed by atoms with Crippen molar-refractivity contribution >= 4 is 17.7 Å². The van der Waals surface area contributed by atoms with Crippen molar-refractivity contribution in [1.82, 2.24) is 25.0 Å². The fourth-order valence-corrected chi connectivity index (χ4v) is 4.03. The molecule has 1 amide bonds. The number of aromatic nitrogens is 3. The van der Waals surface area contributed by atoms with Crippen LogP contribution in [0.5, 0.6) is 0 Å². The lowest BCUT2D eigenvalue weighted by atomic mass is 10.0. The second kappa shape index (κ2) is 12.0. The van der Waals surface area contributed by atoms with Gasteiger partial charge in [-0.1, -0.05) is 69.8 Å². The van der Waals surface area contributed by atoms with Crippen LogP contribution in [0, 0.1) is 5.92 Å². The highest BCUT2D eigenvalue weighted by Crippen LogP contribution is 2.21. The fraction of sp³-hybridized carbons (Fsp3) is 0.591. The molecule has 0 saturated heterocycles. The molecule has 0 aliphatic heterocycles. The molecule has 0 bridgehead atoms. The number of rotatable bonds is 12. The largest absolute Gasteiger partial charge is 0.354 e. The lowest BCUT2D eigenvalue weighted by Gasteiger charge is -2.29. The Labute approximate surface area is 179 Å². The molecule has 0 fully saturated rings. The Morgan fingerprint density at radius 2 is 1.86 bits per heavy atom. The monoisotopic (exact) mass is 417 g/mol. The van der Waals surface area contributed by atoms with Crippen LogP contribution in [0.15, 0.2) is 35.5 Å². The third kappa shape index (κ3) is 6.57. The summed E-state index contributed by atoms with van der Waals surface area (Å²) < 4.78 is 2.21. The molecule has 1 aromatic carbocycles. The maximum Gasteiger partial charge on any atom is 0.241 e. The quantitative estimate of drug-likeness (QED) is 0.420. The van der Waals surface area contributed by atoms with Crippen LogP contribution in [0.1, 0.15) is 51.5 Å². The average molecular weight is 418 g/mol. The number of aryl methyl sites for hydroxylation is 1. The topological polar surface area (TPSA) is 63.1 Å². The highest BCUT2D eigenvalue weighted by molar-refractivity contribution is 7.98. The van der Waals surface area contributed by atoms with Gasteiger partial charge in [0.1, 0.15) is 11.9 Å². The molecule has 29 heavy (non-hydrogen) atoms. The third-order valence-electron chi connectivity index (χ3n) is 4.94. The van der Waals surface area contributed by atoms with Gasteiger partial charge in [-0.3, -0.25) is 9.69 Å². The third-order valence-corrected chi connectivity index (χ3v) is 5.61. The van der Waals surface area contributed by atoms with Gasteiger partial charge in [-0.25, -0.2) is 0 Å². The molecule has 1 aromatic heterocycles. The van der Waals surface area contributed by atoms with Gasteiger partial charge in [0.2, 0.25) is 5.91 Å². The standard InChI is InChI=1S/C22H35N5OS/c1-6-26(7-2)20(18-12-9-8-10-13-18)21(28)23-15-11-14-19-24-25-22(29-5)27(19)16-17(3)4/h8-10,12-13,17,20H,6-7,11,14-16H2,1-5H3,(H,23,28). The van der Waals surface area contributed by atoms with E-state index < -0.39 is 0 Å². The van der Waals surface area contributed by atoms with E-state index in [1.165, 1.54) is 0 Å². The normalized spacial score (nSPS) is 12.5. The summed E-state index contributed by atoms with van der Waals surface area (Å²) in [5.41, 5.74) is 1.04. The molecule has 0 aliphatic carbocycles. The van der Waals surface area contributed by atoms with Gasteiger partial charge >= 0.3 is 0 Å². The van der Waals surface area contributed by atoms with Crippen molar-refractivity contribution in [2.75, 3.05) is 25.9 Å². The van der Waals surface area contributed by atoms with Crippen molar-refractivity contribution in [3.63, 3.8) is 0 Å². The molecule has 1 unspecified atom stereocenters. The van der Waals surface area contributed by atoms with Gasteiger partial charge in [-0.2, -0.15) is 0 Å². The minimum absolute atomic E-state index is 0.0633. The summed E-state index contributed by atoms with van der Waals surface area (Å²) in [4.78, 5) is 15.2. The first kappa shape index (κ1) is 23.4. The van der Waals surface area contributed by atoms with Crippen LogP contribution in [0.2, 0.25) is 0 Å². The highest BCUT2D eigenvalue weighted by atomic mass is 32.2. The number of benzene rings is 1. The molecule has 0 aliphatic rings. The van der Waals surface area contributed by atoms with Crippen molar-refractivity contribution in [1.29, 1.82) is 0 Å². The van der Waals surface area contributed by atoms with E-state index in [4.69, 9.17) is 0 Å². The Morgan fingerprint density at radius 1 is 1.17 bits per heavy atom.